The number of amides is 13. The first-order chi connectivity index (χ1) is 49.4. The Morgan fingerprint density at radius 1 is 0.590 bits per heavy atom. The van der Waals surface area contributed by atoms with Gasteiger partial charge in [-0.3, -0.25) is 62.3 Å². The van der Waals surface area contributed by atoms with Crippen molar-refractivity contribution in [3.8, 4) is 0 Å². The lowest BCUT2D eigenvalue weighted by Crippen LogP contribution is -2.71. The predicted octanol–water partition coefficient (Wildman–Crippen LogP) is -5.51. The number of carboxylic acids is 1. The topological polar surface area (TPSA) is 603 Å². The normalized spacial score (nSPS) is 24.7. The van der Waals surface area contributed by atoms with Gasteiger partial charge in [0, 0.05) is 17.7 Å². The molecule has 0 bridgehead atoms. The number of aliphatic hydroxyl groups excluding tert-OH is 2. The van der Waals surface area contributed by atoms with Gasteiger partial charge in [0.05, 0.1) is 12.2 Å². The van der Waals surface area contributed by atoms with Gasteiger partial charge in [-0.05, 0) is 142 Å². The highest BCUT2D eigenvalue weighted by Crippen LogP contribution is 2.51. The van der Waals surface area contributed by atoms with Crippen molar-refractivity contribution >= 4 is 94.5 Å². The number of aliphatic hydroxyl groups is 2. The first-order valence-electron chi connectivity index (χ1n) is 35.9. The van der Waals surface area contributed by atoms with Crippen molar-refractivity contribution in [2.24, 2.45) is 52.2 Å². The van der Waals surface area contributed by atoms with E-state index in [0.29, 0.717) is 17.9 Å². The number of benzene rings is 1. The third-order valence-electron chi connectivity index (χ3n) is 17.8. The second kappa shape index (κ2) is 44.7. The molecular formula is C68H117N19O17S. The summed E-state index contributed by atoms with van der Waals surface area (Å²) in [4.78, 5) is 190. The molecule has 3 saturated heterocycles. The second-order valence-electron chi connectivity index (χ2n) is 28.1. The van der Waals surface area contributed by atoms with E-state index in [-0.39, 0.29) is 107 Å². The molecule has 36 nitrogen and oxygen atoms in total. The highest BCUT2D eigenvalue weighted by Gasteiger charge is 2.64. The minimum Gasteiger partial charge on any atom is -0.480 e. The zero-order chi connectivity index (χ0) is 79.2. The molecule has 4 rings (SSSR count). The standard InChI is InChI=1S/C52H98N16O13.C16H19N3O4S/c1-9-29(6)11-10-12-40(71)59-32(13-19-53)47(76)68-42(31(8)70)52(81)64-35(16-22-56)44(73)63-37-18-24-58-51(80)41(30(7)69)67-48(77)36(17-23-57)61-43(72)33(14-20-54)62-49(78)38(25-27(2)3)66-50(79)39(26-28(4)5)65-45(74)34(15-21-55)60-46(37)75;1-16(2)11(15(22)23)19-13(21)10(14(19)24-16)18-12(20)9(17)8-6-4-3-5-7-8/h27-39,41-42,69-70H,9-26,53-57H2,1-8H3,(H,58,80)(H,59,71)(H,60,75)(H,61,72)(H,62,78)(H,63,73)(H,64,81)(H,65,74)(H,66,79)(H,67,77)(H,68,76);3-7,9-11,14H,17H2,1-2H3,(H,18,20)(H,22,23)/t29?,30-,31-,32+,33+,34+,35+,36+,37+,38+,39-,41+,42+;9-,10-,11+,14-/m11/s1. The van der Waals surface area contributed by atoms with Gasteiger partial charge in [0.2, 0.25) is 76.8 Å². The molecule has 3 aliphatic rings. The summed E-state index contributed by atoms with van der Waals surface area (Å²) in [6.07, 6.45) is -1.79. The zero-order valence-electron chi connectivity index (χ0n) is 62.0. The minimum atomic E-state index is -1.69. The third kappa shape index (κ3) is 28.6. The highest BCUT2D eigenvalue weighted by molar-refractivity contribution is 8.01. The van der Waals surface area contributed by atoms with E-state index in [9.17, 15) is 82.4 Å². The molecule has 3 heterocycles. The van der Waals surface area contributed by atoms with E-state index in [1.807, 2.05) is 13.0 Å². The van der Waals surface area contributed by atoms with Crippen LogP contribution in [0.15, 0.2) is 30.3 Å². The smallest absolute Gasteiger partial charge is 0.327 e. The van der Waals surface area contributed by atoms with Crippen LogP contribution in [0.2, 0.25) is 0 Å². The fourth-order valence-electron chi connectivity index (χ4n) is 11.8. The summed E-state index contributed by atoms with van der Waals surface area (Å²) in [6, 6.07) is -8.13. The van der Waals surface area contributed by atoms with Gasteiger partial charge in [0.15, 0.2) is 0 Å². The number of carbonyl (C=O) groups is 14. The average molecular weight is 1500 g/mol. The van der Waals surface area contributed by atoms with Crippen molar-refractivity contribution in [1.29, 1.82) is 0 Å². The molecule has 0 radical (unpaired) electrons. The van der Waals surface area contributed by atoms with Crippen LogP contribution in [0.1, 0.15) is 158 Å². The van der Waals surface area contributed by atoms with Crippen LogP contribution >= 0.6 is 11.8 Å². The van der Waals surface area contributed by atoms with Gasteiger partial charge in [-0.25, -0.2) is 4.79 Å². The molecule has 0 aliphatic carbocycles. The van der Waals surface area contributed by atoms with Crippen LogP contribution in [0.5, 0.6) is 0 Å². The highest BCUT2D eigenvalue weighted by atomic mass is 32.2. The van der Waals surface area contributed by atoms with E-state index < -0.39 is 185 Å². The Hall–Kier alpha value is -8.17. The number of aliphatic carboxylic acids is 1. The lowest BCUT2D eigenvalue weighted by Gasteiger charge is -2.43. The summed E-state index contributed by atoms with van der Waals surface area (Å²) in [5.41, 5.74) is 35.8. The molecule has 0 spiro atoms. The van der Waals surface area contributed by atoms with Crippen LogP contribution in [0, 0.1) is 17.8 Å². The molecule has 3 fully saturated rings. The third-order valence-corrected chi connectivity index (χ3v) is 19.4. The summed E-state index contributed by atoms with van der Waals surface area (Å²) in [6.45, 7) is 16.1. The summed E-state index contributed by atoms with van der Waals surface area (Å²) < 4.78 is -0.618. The molecular weight excluding hydrogens is 1390 g/mol. The van der Waals surface area contributed by atoms with Crippen LogP contribution in [0.25, 0.3) is 0 Å². The molecule has 27 N–H and O–H groups in total. The lowest BCUT2D eigenvalue weighted by atomic mass is 9.95. The maximum atomic E-state index is 14.4. The van der Waals surface area contributed by atoms with Crippen molar-refractivity contribution in [2.75, 3.05) is 39.3 Å². The van der Waals surface area contributed by atoms with Crippen LogP contribution in [0.4, 0.5) is 0 Å². The Labute approximate surface area is 617 Å². The maximum Gasteiger partial charge on any atom is 0.327 e. The van der Waals surface area contributed by atoms with E-state index >= 15 is 0 Å². The molecule has 1 unspecified atom stereocenters. The van der Waals surface area contributed by atoms with Crippen molar-refractivity contribution in [3.63, 3.8) is 0 Å². The first-order valence-corrected chi connectivity index (χ1v) is 36.8. The number of nitrogens with two attached hydrogens (primary N) is 6. The molecule has 1 aromatic carbocycles. The van der Waals surface area contributed by atoms with Gasteiger partial charge < -0.3 is 118 Å². The minimum absolute atomic E-state index is 0.0146. The van der Waals surface area contributed by atoms with Gasteiger partial charge in [0.25, 0.3) is 0 Å². The zero-order valence-corrected chi connectivity index (χ0v) is 62.8. The van der Waals surface area contributed by atoms with Gasteiger partial charge in [-0.2, -0.15) is 0 Å². The molecule has 13 amide bonds. The number of carboxylic acid groups (broad SMARTS) is 1. The van der Waals surface area contributed by atoms with Gasteiger partial charge in [-0.1, -0.05) is 84.7 Å². The number of carbonyl (C=O) groups excluding carboxylic acids is 13. The number of fused-ring (bicyclic) bond motifs is 1. The second-order valence-corrected chi connectivity index (χ2v) is 29.9. The van der Waals surface area contributed by atoms with E-state index in [0.717, 1.165) is 12.8 Å². The first kappa shape index (κ1) is 91.0. The van der Waals surface area contributed by atoms with Crippen LogP contribution in [-0.2, 0) is 67.1 Å². The molecule has 0 aromatic heterocycles. The number of nitrogens with one attached hydrogen (secondary N) is 12. The molecule has 0 saturated carbocycles. The SMILES string of the molecule is CC1(C)S[C@@H]2[C@H](NC(=O)[C@H](N)c3ccccc3)C(=O)N2[C@H]1C(=O)O.CCC(C)CCCC(=O)N[C@@H](CCN)C(=O)N[C@H](C(=O)N[C@@H](CCN)C(=O)N[C@H]1CCNC(=O)[C@H]([C@@H](C)O)NC(=O)[C@H](CCN)NC(=O)[C@H](CCN)NC(=O)[C@H](CC(C)C)NC(=O)[C@@H](CC(C)C)NC(=O)[C@H](CCN)NC1=O)[C@@H](C)O. The van der Waals surface area contributed by atoms with Crippen LogP contribution in [-0.4, -0.2) is 237 Å². The largest absolute Gasteiger partial charge is 0.480 e. The predicted molar refractivity (Wildman–Crippen MR) is 390 cm³/mol. The fraction of sp³-hybridized carbons (Fsp3) is 0.706. The quantitative estimate of drug-likeness (QED) is 0.0299. The Morgan fingerprint density at radius 3 is 1.52 bits per heavy atom. The van der Waals surface area contributed by atoms with Crippen molar-refractivity contribution < 1.29 is 82.4 Å². The molecule has 1 aromatic rings. The van der Waals surface area contributed by atoms with Crippen LogP contribution < -0.4 is 98.2 Å². The Kier molecular flexibility index (Phi) is 38.8. The van der Waals surface area contributed by atoms with Crippen LogP contribution in [0.3, 0.4) is 0 Å². The number of β-lactam (4-membered cyclic amide) rings is 1. The summed E-state index contributed by atoms with van der Waals surface area (Å²) in [5.74, 6) is -11.5. The number of hydrogen-bond donors (Lipinski definition) is 21. The van der Waals surface area contributed by atoms with Crippen molar-refractivity contribution in [1.82, 2.24) is 68.7 Å². The van der Waals surface area contributed by atoms with E-state index in [1.54, 1.807) is 65.8 Å². The summed E-state index contributed by atoms with van der Waals surface area (Å²) >= 11 is 1.38. The van der Waals surface area contributed by atoms with Gasteiger partial charge >= 0.3 is 5.97 Å². The van der Waals surface area contributed by atoms with E-state index in [4.69, 9.17) is 34.4 Å². The average Bonchev–Trinajstić information content (AvgIpc) is 1.56. The summed E-state index contributed by atoms with van der Waals surface area (Å²) in [7, 11) is 0. The Morgan fingerprint density at radius 2 is 1.07 bits per heavy atom. The number of hydrogen-bond acceptors (Lipinski definition) is 23. The Bertz CT molecular complexity index is 3100. The Balaban J connectivity index is 0.000000989. The maximum absolute atomic E-state index is 14.4. The van der Waals surface area contributed by atoms with Gasteiger partial charge in [-0.15, -0.1) is 11.8 Å². The molecule has 3 aliphatic heterocycles. The molecule has 17 atom stereocenters. The van der Waals surface area contributed by atoms with E-state index in [2.05, 4.69) is 70.7 Å². The van der Waals surface area contributed by atoms with Crippen molar-refractivity contribution in [2.45, 2.75) is 247 Å². The van der Waals surface area contributed by atoms with Gasteiger partial charge in [0.1, 0.15) is 83.9 Å². The monoisotopic (exact) mass is 1500 g/mol. The van der Waals surface area contributed by atoms with Crippen molar-refractivity contribution in [3.05, 3.63) is 35.9 Å². The number of nitrogens with zero attached hydrogens (tertiary/aromatic N) is 1. The molecule has 105 heavy (non-hydrogen) atoms. The molecule has 37 heteroatoms. The number of thioether (sulfide) groups is 1. The number of rotatable bonds is 32. The van der Waals surface area contributed by atoms with E-state index in [1.165, 1.54) is 30.5 Å². The molecule has 592 valence electrons. The lowest BCUT2D eigenvalue weighted by molar-refractivity contribution is -0.161. The summed E-state index contributed by atoms with van der Waals surface area (Å²) in [5, 5.41) is 61.1. The fourth-order valence-corrected chi connectivity index (χ4v) is 13.4.